The average Bonchev–Trinajstić information content (AvgIpc) is 3.17. The highest BCUT2D eigenvalue weighted by Crippen LogP contribution is 2.49. The van der Waals surface area contributed by atoms with E-state index < -0.39 is 30.2 Å². The lowest BCUT2D eigenvalue weighted by Gasteiger charge is -2.20. The maximum Gasteiger partial charge on any atom is 0.416 e. The van der Waals surface area contributed by atoms with Crippen molar-refractivity contribution in [2.75, 3.05) is 11.9 Å². The van der Waals surface area contributed by atoms with Crippen molar-refractivity contribution in [3.8, 4) is 0 Å². The van der Waals surface area contributed by atoms with E-state index in [0.29, 0.717) is 24.2 Å². The first-order chi connectivity index (χ1) is 12.2. The third kappa shape index (κ3) is 4.50. The fourth-order valence-electron chi connectivity index (χ4n) is 4.03. The predicted molar refractivity (Wildman–Crippen MR) is 89.6 cm³/mol. The monoisotopic (exact) mass is 389 g/mol. The van der Waals surface area contributed by atoms with E-state index in [-0.39, 0.29) is 10.7 Å². The Hall–Kier alpha value is -1.76. The lowest BCUT2D eigenvalue weighted by atomic mass is 9.86. The van der Waals surface area contributed by atoms with Crippen molar-refractivity contribution >= 4 is 29.2 Å². The molecular formula is C18H19ClF3NO3. The van der Waals surface area contributed by atoms with Crippen LogP contribution in [0, 0.1) is 17.8 Å². The molecule has 142 valence electrons. The number of benzene rings is 1. The number of fused-ring (bicyclic) bond motifs is 2. The van der Waals surface area contributed by atoms with E-state index in [9.17, 15) is 22.8 Å². The molecule has 8 heteroatoms. The predicted octanol–water partition coefficient (Wildman–Crippen LogP) is 4.67. The third-order valence-electron chi connectivity index (χ3n) is 5.25. The number of carbonyl (C=O) groups excluding carboxylic acids is 2. The molecule has 1 amide bonds. The summed E-state index contributed by atoms with van der Waals surface area (Å²) in [6.07, 6.45) is 0.335. The quantitative estimate of drug-likeness (QED) is 0.745. The molecule has 0 heterocycles. The van der Waals surface area contributed by atoms with E-state index in [1.54, 1.807) is 0 Å². The molecule has 3 atom stereocenters. The van der Waals surface area contributed by atoms with Crippen LogP contribution in [0.1, 0.15) is 37.7 Å². The second-order valence-corrected chi connectivity index (χ2v) is 7.45. The highest BCUT2D eigenvalue weighted by Gasteiger charge is 2.40. The van der Waals surface area contributed by atoms with Crippen molar-refractivity contribution in [2.24, 2.45) is 17.8 Å². The van der Waals surface area contributed by atoms with Gasteiger partial charge in [-0.1, -0.05) is 18.0 Å². The van der Waals surface area contributed by atoms with Crippen LogP contribution in [0.4, 0.5) is 18.9 Å². The van der Waals surface area contributed by atoms with E-state index in [4.69, 9.17) is 16.3 Å². The molecule has 1 aromatic rings. The van der Waals surface area contributed by atoms with Crippen LogP contribution in [0.25, 0.3) is 0 Å². The van der Waals surface area contributed by atoms with Gasteiger partial charge in [-0.2, -0.15) is 13.2 Å². The second-order valence-electron chi connectivity index (χ2n) is 7.04. The Morgan fingerprint density at radius 2 is 2.00 bits per heavy atom. The third-order valence-corrected chi connectivity index (χ3v) is 5.58. The van der Waals surface area contributed by atoms with Gasteiger partial charge in [-0.05, 0) is 55.2 Å². The normalized spacial score (nSPS) is 24.5. The molecule has 0 saturated heterocycles. The molecule has 4 nitrogen and oxygen atoms in total. The Bertz CT molecular complexity index is 707. The van der Waals surface area contributed by atoms with Crippen molar-refractivity contribution in [3.63, 3.8) is 0 Å². The maximum absolute atomic E-state index is 12.7. The highest BCUT2D eigenvalue weighted by atomic mass is 35.5. The fourth-order valence-corrected chi connectivity index (χ4v) is 4.19. The topological polar surface area (TPSA) is 55.4 Å². The summed E-state index contributed by atoms with van der Waals surface area (Å²) in [4.78, 5) is 23.8. The van der Waals surface area contributed by atoms with Gasteiger partial charge in [0.2, 0.25) is 0 Å². The molecular weight excluding hydrogens is 371 g/mol. The van der Waals surface area contributed by atoms with Crippen molar-refractivity contribution in [1.82, 2.24) is 0 Å². The number of halogens is 4. The average molecular weight is 390 g/mol. The number of esters is 1. The Labute approximate surface area is 154 Å². The first-order valence-corrected chi connectivity index (χ1v) is 8.92. The first kappa shape index (κ1) is 19.0. The summed E-state index contributed by atoms with van der Waals surface area (Å²) in [7, 11) is 0. The molecule has 2 aliphatic rings. The molecule has 3 rings (SSSR count). The van der Waals surface area contributed by atoms with Gasteiger partial charge in [-0.25, -0.2) is 0 Å². The maximum atomic E-state index is 12.7. The molecule has 1 aromatic carbocycles. The zero-order chi connectivity index (χ0) is 18.9. The van der Waals surface area contributed by atoms with Gasteiger partial charge in [0.05, 0.1) is 16.3 Å². The van der Waals surface area contributed by atoms with Gasteiger partial charge < -0.3 is 10.1 Å². The van der Waals surface area contributed by atoms with Crippen LogP contribution < -0.4 is 5.32 Å². The number of carbonyl (C=O) groups is 2. The number of nitrogens with one attached hydrogen (secondary N) is 1. The fraction of sp³-hybridized carbons (Fsp3) is 0.556. The van der Waals surface area contributed by atoms with Crippen LogP contribution >= 0.6 is 11.6 Å². The largest absolute Gasteiger partial charge is 0.456 e. The Morgan fingerprint density at radius 3 is 2.62 bits per heavy atom. The van der Waals surface area contributed by atoms with Crippen LogP contribution in [0.3, 0.4) is 0 Å². The lowest BCUT2D eigenvalue weighted by molar-refractivity contribution is -0.148. The number of anilines is 1. The number of alkyl halides is 3. The number of hydrogen-bond acceptors (Lipinski definition) is 3. The SMILES string of the molecule is O=C(COC(=O)C[C@@H]1C[C@@H]2CC[C@@H]1C2)Nc1cc(C(F)(F)F)ccc1Cl. The molecule has 0 aromatic heterocycles. The van der Waals surface area contributed by atoms with Crippen LogP contribution in [0.5, 0.6) is 0 Å². The van der Waals surface area contributed by atoms with Gasteiger partial charge in [0.15, 0.2) is 6.61 Å². The molecule has 0 unspecified atom stereocenters. The smallest absolute Gasteiger partial charge is 0.416 e. The summed E-state index contributed by atoms with van der Waals surface area (Å²) < 4.78 is 43.1. The summed E-state index contributed by atoms with van der Waals surface area (Å²) in [6.45, 7) is -0.549. The Morgan fingerprint density at radius 1 is 1.23 bits per heavy atom. The molecule has 0 spiro atoms. The minimum absolute atomic E-state index is 0.0281. The van der Waals surface area contributed by atoms with Crippen LogP contribution in [0.15, 0.2) is 18.2 Å². The van der Waals surface area contributed by atoms with Crippen molar-refractivity contribution in [3.05, 3.63) is 28.8 Å². The van der Waals surface area contributed by atoms with E-state index >= 15 is 0 Å². The van der Waals surface area contributed by atoms with Gasteiger partial charge in [-0.3, -0.25) is 9.59 Å². The van der Waals surface area contributed by atoms with Gasteiger partial charge in [0.1, 0.15) is 0 Å². The molecule has 2 fully saturated rings. The van der Waals surface area contributed by atoms with Crippen molar-refractivity contribution in [2.45, 2.75) is 38.3 Å². The van der Waals surface area contributed by atoms with Crippen LogP contribution in [0.2, 0.25) is 5.02 Å². The molecule has 1 N–H and O–H groups in total. The first-order valence-electron chi connectivity index (χ1n) is 8.54. The van der Waals surface area contributed by atoms with E-state index in [2.05, 4.69) is 5.32 Å². The molecule has 26 heavy (non-hydrogen) atoms. The van der Waals surface area contributed by atoms with Gasteiger partial charge in [-0.15, -0.1) is 0 Å². The second kappa shape index (κ2) is 7.47. The minimum Gasteiger partial charge on any atom is -0.456 e. The van der Waals surface area contributed by atoms with Gasteiger partial charge >= 0.3 is 12.1 Å². The van der Waals surface area contributed by atoms with Crippen LogP contribution in [-0.4, -0.2) is 18.5 Å². The molecule has 2 saturated carbocycles. The molecule has 0 radical (unpaired) electrons. The Balaban J connectivity index is 1.49. The molecule has 2 aliphatic carbocycles. The molecule has 2 bridgehead atoms. The number of hydrogen-bond donors (Lipinski definition) is 1. The highest BCUT2D eigenvalue weighted by molar-refractivity contribution is 6.33. The van der Waals surface area contributed by atoms with E-state index in [0.717, 1.165) is 31.0 Å². The zero-order valence-corrected chi connectivity index (χ0v) is 14.7. The number of amides is 1. The summed E-state index contributed by atoms with van der Waals surface area (Å²) in [5.74, 6) is 0.428. The van der Waals surface area contributed by atoms with E-state index in [1.807, 2.05) is 0 Å². The lowest BCUT2D eigenvalue weighted by Crippen LogP contribution is -2.23. The number of rotatable bonds is 5. The summed E-state index contributed by atoms with van der Waals surface area (Å²) in [5.41, 5.74) is -1.10. The van der Waals surface area contributed by atoms with Gasteiger partial charge in [0.25, 0.3) is 5.91 Å². The summed E-state index contributed by atoms with van der Waals surface area (Å²) in [5, 5.41) is 2.22. The standard InChI is InChI=1S/C18H19ClF3NO3/c19-14-4-3-13(18(20,21)22)8-15(14)23-16(24)9-26-17(25)7-12-6-10-1-2-11(12)5-10/h3-4,8,10-12H,1-2,5-7,9H2,(H,23,24)/t10-,11-,12+/m1/s1. The minimum atomic E-state index is -4.54. The number of ether oxygens (including phenoxy) is 1. The summed E-state index contributed by atoms with van der Waals surface area (Å²) in [6, 6.07) is 2.63. The van der Waals surface area contributed by atoms with E-state index in [1.165, 1.54) is 12.8 Å². The Kier molecular flexibility index (Phi) is 5.46. The zero-order valence-electron chi connectivity index (χ0n) is 13.9. The van der Waals surface area contributed by atoms with Crippen molar-refractivity contribution < 1.29 is 27.5 Å². The molecule has 0 aliphatic heterocycles. The van der Waals surface area contributed by atoms with Gasteiger partial charge in [0, 0.05) is 6.42 Å². The van der Waals surface area contributed by atoms with Crippen LogP contribution in [-0.2, 0) is 20.5 Å². The van der Waals surface area contributed by atoms with Crippen molar-refractivity contribution in [1.29, 1.82) is 0 Å². The summed E-state index contributed by atoms with van der Waals surface area (Å²) >= 11 is 5.81.